The minimum absolute atomic E-state index is 0.0486. The Morgan fingerprint density at radius 1 is 1.08 bits per heavy atom. The van der Waals surface area contributed by atoms with Gasteiger partial charge in [-0.2, -0.15) is 0 Å². The number of rotatable bonds is 6. The van der Waals surface area contributed by atoms with Crippen LogP contribution in [0.25, 0.3) is 0 Å². The summed E-state index contributed by atoms with van der Waals surface area (Å²) in [5.41, 5.74) is 0.0486. The minimum atomic E-state index is 0.0486. The lowest BCUT2D eigenvalue weighted by atomic mass is 9.83. The second kappa shape index (κ2) is 5.51. The molecule has 0 bridgehead atoms. The Morgan fingerprint density at radius 3 is 1.75 bits per heavy atom. The third-order valence-corrected chi connectivity index (χ3v) is 2.13. The zero-order chi connectivity index (χ0) is 9.61. The predicted octanol–water partition coefficient (Wildman–Crippen LogP) is 0.319. The fourth-order valence-corrected chi connectivity index (χ4v) is 1.59. The van der Waals surface area contributed by atoms with Gasteiger partial charge >= 0.3 is 0 Å². The van der Waals surface area contributed by atoms with Gasteiger partial charge in [-0.3, -0.25) is 0 Å². The van der Waals surface area contributed by atoms with E-state index in [1.807, 2.05) is 14.1 Å². The summed E-state index contributed by atoms with van der Waals surface area (Å²) in [6.45, 7) is 3.40. The van der Waals surface area contributed by atoms with E-state index in [0.29, 0.717) is 0 Å². The molecule has 0 aliphatic rings. The van der Waals surface area contributed by atoms with E-state index in [1.54, 1.807) is 0 Å². The summed E-state index contributed by atoms with van der Waals surface area (Å²) in [5.74, 6) is 0. The molecule has 0 amide bonds. The van der Waals surface area contributed by atoms with Gasteiger partial charge in [0.1, 0.15) is 0 Å². The van der Waals surface area contributed by atoms with Crippen LogP contribution in [0.4, 0.5) is 0 Å². The summed E-state index contributed by atoms with van der Waals surface area (Å²) in [7, 11) is 4.01. The SMILES string of the molecule is CN(C)CC(C)(CCO)CCO. The summed E-state index contributed by atoms with van der Waals surface area (Å²) in [6, 6.07) is 0. The molecule has 3 nitrogen and oxygen atoms in total. The van der Waals surface area contributed by atoms with Gasteiger partial charge in [0.05, 0.1) is 0 Å². The molecular weight excluding hydrogens is 154 g/mol. The number of nitrogens with zero attached hydrogens (tertiary/aromatic N) is 1. The fraction of sp³-hybridized carbons (Fsp3) is 1.00. The maximum atomic E-state index is 8.84. The zero-order valence-corrected chi connectivity index (χ0v) is 8.38. The van der Waals surface area contributed by atoms with Crippen LogP contribution in [0.5, 0.6) is 0 Å². The van der Waals surface area contributed by atoms with E-state index in [0.717, 1.165) is 19.4 Å². The second-order valence-corrected chi connectivity index (χ2v) is 4.00. The summed E-state index contributed by atoms with van der Waals surface area (Å²) in [6.07, 6.45) is 1.51. The number of aliphatic hydroxyl groups excluding tert-OH is 2. The van der Waals surface area contributed by atoms with Crippen molar-refractivity contribution in [3.63, 3.8) is 0 Å². The quantitative estimate of drug-likeness (QED) is 0.611. The second-order valence-electron chi connectivity index (χ2n) is 4.00. The first-order valence-electron chi connectivity index (χ1n) is 4.40. The molecule has 0 fully saturated rings. The molecule has 2 N–H and O–H groups in total. The Hall–Kier alpha value is -0.120. The van der Waals surface area contributed by atoms with Crippen molar-refractivity contribution in [3.05, 3.63) is 0 Å². The molecule has 0 aliphatic heterocycles. The molecule has 12 heavy (non-hydrogen) atoms. The first-order valence-corrected chi connectivity index (χ1v) is 4.40. The van der Waals surface area contributed by atoms with Crippen LogP contribution >= 0.6 is 0 Å². The van der Waals surface area contributed by atoms with Crippen LogP contribution in [-0.2, 0) is 0 Å². The van der Waals surface area contributed by atoms with Crippen molar-refractivity contribution in [3.8, 4) is 0 Å². The number of aliphatic hydroxyl groups is 2. The van der Waals surface area contributed by atoms with Gasteiger partial charge in [-0.25, -0.2) is 0 Å². The molecule has 0 atom stereocenters. The highest BCUT2D eigenvalue weighted by Crippen LogP contribution is 2.25. The van der Waals surface area contributed by atoms with E-state index in [9.17, 15) is 0 Å². The Balaban J connectivity index is 3.98. The fourth-order valence-electron chi connectivity index (χ4n) is 1.59. The third-order valence-electron chi connectivity index (χ3n) is 2.13. The van der Waals surface area contributed by atoms with Crippen LogP contribution in [0.3, 0.4) is 0 Å². The molecule has 0 saturated heterocycles. The van der Waals surface area contributed by atoms with E-state index in [-0.39, 0.29) is 18.6 Å². The van der Waals surface area contributed by atoms with E-state index in [2.05, 4.69) is 11.8 Å². The molecular formula is C9H21NO2. The monoisotopic (exact) mass is 175 g/mol. The molecule has 0 heterocycles. The van der Waals surface area contributed by atoms with Crippen LogP contribution in [0.1, 0.15) is 19.8 Å². The van der Waals surface area contributed by atoms with Gasteiger partial charge in [-0.15, -0.1) is 0 Å². The van der Waals surface area contributed by atoms with E-state index < -0.39 is 0 Å². The van der Waals surface area contributed by atoms with Gasteiger partial charge in [-0.05, 0) is 32.4 Å². The molecule has 0 radical (unpaired) electrons. The van der Waals surface area contributed by atoms with Gasteiger partial charge in [0, 0.05) is 19.8 Å². The van der Waals surface area contributed by atoms with E-state index in [4.69, 9.17) is 10.2 Å². The van der Waals surface area contributed by atoms with Crippen LogP contribution in [0.15, 0.2) is 0 Å². The van der Waals surface area contributed by atoms with Gasteiger partial charge in [0.2, 0.25) is 0 Å². The molecule has 0 aromatic heterocycles. The summed E-state index contributed by atoms with van der Waals surface area (Å²) in [4.78, 5) is 2.09. The molecule has 0 saturated carbocycles. The zero-order valence-electron chi connectivity index (χ0n) is 8.38. The van der Waals surface area contributed by atoms with Crippen molar-refractivity contribution in [1.82, 2.24) is 4.90 Å². The highest BCUT2D eigenvalue weighted by atomic mass is 16.3. The lowest BCUT2D eigenvalue weighted by Gasteiger charge is -2.31. The predicted molar refractivity (Wildman–Crippen MR) is 50.1 cm³/mol. The smallest absolute Gasteiger partial charge is 0.0436 e. The van der Waals surface area contributed by atoms with E-state index >= 15 is 0 Å². The molecule has 0 unspecified atom stereocenters. The van der Waals surface area contributed by atoms with Gasteiger partial charge < -0.3 is 15.1 Å². The summed E-state index contributed by atoms with van der Waals surface area (Å²) >= 11 is 0. The summed E-state index contributed by atoms with van der Waals surface area (Å²) in [5, 5.41) is 17.7. The van der Waals surface area contributed by atoms with Crippen molar-refractivity contribution in [2.24, 2.45) is 5.41 Å². The Labute approximate surface area is 75.0 Å². The number of hydrogen-bond donors (Lipinski definition) is 2. The van der Waals surface area contributed by atoms with E-state index in [1.165, 1.54) is 0 Å². The van der Waals surface area contributed by atoms with Crippen molar-refractivity contribution in [2.45, 2.75) is 19.8 Å². The maximum Gasteiger partial charge on any atom is 0.0436 e. The Morgan fingerprint density at radius 2 is 1.50 bits per heavy atom. The lowest BCUT2D eigenvalue weighted by molar-refractivity contribution is 0.117. The first-order chi connectivity index (χ1) is 5.54. The third kappa shape index (κ3) is 4.70. The van der Waals surface area contributed by atoms with Crippen LogP contribution in [0.2, 0.25) is 0 Å². The molecule has 0 aliphatic carbocycles. The summed E-state index contributed by atoms with van der Waals surface area (Å²) < 4.78 is 0. The Bertz CT molecular complexity index is 109. The van der Waals surface area contributed by atoms with Gasteiger partial charge in [-0.1, -0.05) is 6.92 Å². The van der Waals surface area contributed by atoms with Crippen LogP contribution in [0, 0.1) is 5.41 Å². The largest absolute Gasteiger partial charge is 0.396 e. The average molecular weight is 175 g/mol. The van der Waals surface area contributed by atoms with Crippen molar-refractivity contribution in [1.29, 1.82) is 0 Å². The molecule has 0 rings (SSSR count). The maximum absolute atomic E-state index is 8.84. The Kier molecular flexibility index (Phi) is 5.46. The lowest BCUT2D eigenvalue weighted by Crippen LogP contribution is -2.32. The van der Waals surface area contributed by atoms with Crippen LogP contribution in [-0.4, -0.2) is 49.0 Å². The average Bonchev–Trinajstić information content (AvgIpc) is 1.85. The topological polar surface area (TPSA) is 43.7 Å². The molecule has 0 aromatic rings. The molecule has 74 valence electrons. The minimum Gasteiger partial charge on any atom is -0.396 e. The van der Waals surface area contributed by atoms with Crippen molar-refractivity contribution in [2.75, 3.05) is 33.9 Å². The molecule has 0 spiro atoms. The van der Waals surface area contributed by atoms with Gasteiger partial charge in [0.15, 0.2) is 0 Å². The molecule has 0 aromatic carbocycles. The normalized spacial score (nSPS) is 12.5. The first kappa shape index (κ1) is 11.9. The molecule has 3 heteroatoms. The van der Waals surface area contributed by atoms with Crippen molar-refractivity contribution < 1.29 is 10.2 Å². The standard InChI is InChI=1S/C9H21NO2/c1-9(4-6-11,5-7-12)8-10(2)3/h11-12H,4-8H2,1-3H3. The van der Waals surface area contributed by atoms with Gasteiger partial charge in [0.25, 0.3) is 0 Å². The van der Waals surface area contributed by atoms with Crippen molar-refractivity contribution >= 4 is 0 Å². The van der Waals surface area contributed by atoms with Crippen LogP contribution < -0.4 is 0 Å². The number of hydrogen-bond acceptors (Lipinski definition) is 3. The highest BCUT2D eigenvalue weighted by molar-refractivity contribution is 4.76. The highest BCUT2D eigenvalue weighted by Gasteiger charge is 2.23.